The van der Waals surface area contributed by atoms with Crippen molar-refractivity contribution in [3.05, 3.63) is 0 Å². The van der Waals surface area contributed by atoms with Gasteiger partial charge in [-0.3, -0.25) is 9.59 Å². The zero-order chi connectivity index (χ0) is 18.6. The third-order valence-electron chi connectivity index (χ3n) is 7.19. The maximum atomic E-state index is 13.1. The number of amides is 2. The SMILES string of the molecule is CC(NC(=O)CC1(C(=O)NC(C)C2CCCC2)CCNC1)C1CCCC1. The first-order valence-electron chi connectivity index (χ1n) is 10.8. The van der Waals surface area contributed by atoms with Gasteiger partial charge in [0.15, 0.2) is 0 Å². The van der Waals surface area contributed by atoms with Crippen LogP contribution < -0.4 is 16.0 Å². The average Bonchev–Trinajstić information content (AvgIpc) is 3.36. The van der Waals surface area contributed by atoms with Gasteiger partial charge >= 0.3 is 0 Å². The summed E-state index contributed by atoms with van der Waals surface area (Å²) in [6.07, 6.45) is 11.0. The Labute approximate surface area is 158 Å². The van der Waals surface area contributed by atoms with Crippen LogP contribution in [0.3, 0.4) is 0 Å². The number of hydrogen-bond acceptors (Lipinski definition) is 3. The van der Waals surface area contributed by atoms with E-state index in [1.54, 1.807) is 0 Å². The molecule has 148 valence electrons. The predicted octanol–water partition coefficient (Wildman–Crippen LogP) is 2.75. The van der Waals surface area contributed by atoms with Crippen LogP contribution in [0.5, 0.6) is 0 Å². The molecule has 0 aromatic rings. The molecule has 0 aromatic heterocycles. The van der Waals surface area contributed by atoms with Crippen LogP contribution in [0.2, 0.25) is 0 Å². The van der Waals surface area contributed by atoms with E-state index in [0.717, 1.165) is 13.0 Å². The summed E-state index contributed by atoms with van der Waals surface area (Å²) in [5.41, 5.74) is -0.577. The van der Waals surface area contributed by atoms with Gasteiger partial charge in [-0.1, -0.05) is 25.7 Å². The molecule has 5 nitrogen and oxygen atoms in total. The molecule has 1 saturated heterocycles. The van der Waals surface area contributed by atoms with Crippen molar-refractivity contribution >= 4 is 11.8 Å². The molecule has 1 heterocycles. The first-order chi connectivity index (χ1) is 12.5. The summed E-state index contributed by atoms with van der Waals surface area (Å²) in [5, 5.41) is 9.76. The quantitative estimate of drug-likeness (QED) is 0.651. The summed E-state index contributed by atoms with van der Waals surface area (Å²) >= 11 is 0. The molecule has 0 spiro atoms. The molecule has 0 radical (unpaired) electrons. The molecule has 3 fully saturated rings. The van der Waals surface area contributed by atoms with Gasteiger partial charge in [0, 0.05) is 25.0 Å². The highest BCUT2D eigenvalue weighted by atomic mass is 16.2. The summed E-state index contributed by atoms with van der Waals surface area (Å²) in [6.45, 7) is 5.68. The lowest BCUT2D eigenvalue weighted by Crippen LogP contribution is -2.50. The number of rotatable bonds is 7. The molecule has 3 rings (SSSR count). The number of hydrogen-bond donors (Lipinski definition) is 3. The van der Waals surface area contributed by atoms with Crippen LogP contribution in [0, 0.1) is 17.3 Å². The molecule has 1 aliphatic heterocycles. The van der Waals surface area contributed by atoms with Gasteiger partial charge < -0.3 is 16.0 Å². The Morgan fingerprint density at radius 2 is 1.50 bits per heavy atom. The summed E-state index contributed by atoms with van der Waals surface area (Å²) < 4.78 is 0. The average molecular weight is 364 g/mol. The molecular formula is C21H37N3O2. The number of nitrogens with one attached hydrogen (secondary N) is 3. The summed E-state index contributed by atoms with van der Waals surface area (Å²) in [7, 11) is 0. The molecule has 5 heteroatoms. The molecular weight excluding hydrogens is 326 g/mol. The van der Waals surface area contributed by atoms with E-state index in [2.05, 4.69) is 29.8 Å². The Hall–Kier alpha value is -1.10. The minimum atomic E-state index is -0.577. The second kappa shape index (κ2) is 8.73. The van der Waals surface area contributed by atoms with Gasteiger partial charge in [0.05, 0.1) is 5.41 Å². The normalized spacial score (nSPS) is 29.6. The minimum absolute atomic E-state index is 0.0387. The van der Waals surface area contributed by atoms with Crippen LogP contribution in [-0.4, -0.2) is 37.0 Å². The van der Waals surface area contributed by atoms with E-state index >= 15 is 0 Å². The van der Waals surface area contributed by atoms with E-state index in [1.807, 2.05) is 0 Å². The van der Waals surface area contributed by atoms with Gasteiger partial charge in [-0.05, 0) is 64.3 Å². The number of carbonyl (C=O) groups excluding carboxylic acids is 2. The van der Waals surface area contributed by atoms with E-state index in [9.17, 15) is 9.59 Å². The van der Waals surface area contributed by atoms with Crippen LogP contribution in [-0.2, 0) is 9.59 Å². The monoisotopic (exact) mass is 363 g/mol. The van der Waals surface area contributed by atoms with Crippen LogP contribution in [0.15, 0.2) is 0 Å². The van der Waals surface area contributed by atoms with Crippen molar-refractivity contribution in [3.8, 4) is 0 Å². The fourth-order valence-electron chi connectivity index (χ4n) is 5.29. The van der Waals surface area contributed by atoms with E-state index in [4.69, 9.17) is 0 Å². The van der Waals surface area contributed by atoms with E-state index < -0.39 is 5.41 Å². The molecule has 0 bridgehead atoms. The van der Waals surface area contributed by atoms with Crippen LogP contribution in [0.25, 0.3) is 0 Å². The third kappa shape index (κ3) is 4.59. The van der Waals surface area contributed by atoms with E-state index in [0.29, 0.717) is 24.8 Å². The smallest absolute Gasteiger partial charge is 0.228 e. The van der Waals surface area contributed by atoms with Gasteiger partial charge in [0.2, 0.25) is 11.8 Å². The minimum Gasteiger partial charge on any atom is -0.353 e. The van der Waals surface area contributed by atoms with Crippen molar-refractivity contribution in [1.82, 2.24) is 16.0 Å². The van der Waals surface area contributed by atoms with Crippen LogP contribution in [0.1, 0.15) is 78.1 Å². The Bertz CT molecular complexity index is 489. The molecule has 26 heavy (non-hydrogen) atoms. The molecule has 3 atom stereocenters. The van der Waals surface area contributed by atoms with E-state index in [-0.39, 0.29) is 23.9 Å². The fraction of sp³-hybridized carbons (Fsp3) is 0.905. The number of carbonyl (C=O) groups is 2. The zero-order valence-corrected chi connectivity index (χ0v) is 16.6. The lowest BCUT2D eigenvalue weighted by atomic mass is 9.81. The molecule has 3 aliphatic rings. The first kappa shape index (κ1) is 19.7. The molecule has 2 saturated carbocycles. The van der Waals surface area contributed by atoms with Gasteiger partial charge in [0.25, 0.3) is 0 Å². The molecule has 3 N–H and O–H groups in total. The largest absolute Gasteiger partial charge is 0.353 e. The van der Waals surface area contributed by atoms with Crippen molar-refractivity contribution in [1.29, 1.82) is 0 Å². The summed E-state index contributed by atoms with van der Waals surface area (Å²) in [5.74, 6) is 1.32. The van der Waals surface area contributed by atoms with Crippen molar-refractivity contribution in [3.63, 3.8) is 0 Å². The second-order valence-corrected chi connectivity index (χ2v) is 9.09. The van der Waals surface area contributed by atoms with Gasteiger partial charge in [0.1, 0.15) is 0 Å². The van der Waals surface area contributed by atoms with Crippen molar-refractivity contribution in [2.24, 2.45) is 17.3 Å². The van der Waals surface area contributed by atoms with Crippen LogP contribution in [0.4, 0.5) is 0 Å². The zero-order valence-electron chi connectivity index (χ0n) is 16.6. The highest BCUT2D eigenvalue weighted by molar-refractivity contribution is 5.89. The Kier molecular flexibility index (Phi) is 6.60. The molecule has 2 aliphatic carbocycles. The standard InChI is InChI=1S/C21H37N3O2/c1-15(17-7-3-4-8-17)23-19(25)13-21(11-12-22-14-21)20(26)24-16(2)18-9-5-6-10-18/h15-18,22H,3-14H2,1-2H3,(H,23,25)(H,24,26). The van der Waals surface area contributed by atoms with Crippen molar-refractivity contribution in [2.75, 3.05) is 13.1 Å². The maximum Gasteiger partial charge on any atom is 0.228 e. The fourth-order valence-corrected chi connectivity index (χ4v) is 5.29. The predicted molar refractivity (Wildman–Crippen MR) is 104 cm³/mol. The van der Waals surface area contributed by atoms with Gasteiger partial charge in [-0.15, -0.1) is 0 Å². The Balaban J connectivity index is 1.55. The summed E-state index contributed by atoms with van der Waals surface area (Å²) in [6, 6.07) is 0.430. The second-order valence-electron chi connectivity index (χ2n) is 9.09. The highest BCUT2D eigenvalue weighted by Gasteiger charge is 2.44. The first-order valence-corrected chi connectivity index (χ1v) is 10.8. The van der Waals surface area contributed by atoms with Crippen molar-refractivity contribution in [2.45, 2.75) is 90.1 Å². The molecule has 3 unspecified atom stereocenters. The molecule has 0 aromatic carbocycles. The lowest BCUT2D eigenvalue weighted by Gasteiger charge is -2.31. The van der Waals surface area contributed by atoms with Gasteiger partial charge in [-0.2, -0.15) is 0 Å². The lowest BCUT2D eigenvalue weighted by molar-refractivity contribution is -0.136. The Morgan fingerprint density at radius 3 is 2.00 bits per heavy atom. The summed E-state index contributed by atoms with van der Waals surface area (Å²) in [4.78, 5) is 25.8. The highest BCUT2D eigenvalue weighted by Crippen LogP contribution is 2.33. The van der Waals surface area contributed by atoms with Gasteiger partial charge in [-0.25, -0.2) is 0 Å². The third-order valence-corrected chi connectivity index (χ3v) is 7.19. The maximum absolute atomic E-state index is 13.1. The molecule has 2 amide bonds. The van der Waals surface area contributed by atoms with Crippen LogP contribution >= 0.6 is 0 Å². The van der Waals surface area contributed by atoms with E-state index in [1.165, 1.54) is 51.4 Å². The van der Waals surface area contributed by atoms with Crippen molar-refractivity contribution < 1.29 is 9.59 Å². The Morgan fingerprint density at radius 1 is 0.962 bits per heavy atom. The topological polar surface area (TPSA) is 70.2 Å².